The minimum Gasteiger partial charge on any atom is -0.310 e. The Morgan fingerprint density at radius 2 is 1.82 bits per heavy atom. The third-order valence-corrected chi connectivity index (χ3v) is 4.69. The van der Waals surface area contributed by atoms with Crippen LogP contribution in [0.2, 0.25) is 0 Å². The number of hydrogen-bond acceptors (Lipinski definition) is 4. The second-order valence-corrected chi connectivity index (χ2v) is 6.88. The van der Waals surface area contributed by atoms with Crippen LogP contribution in [0, 0.1) is 13.8 Å². The second-order valence-electron chi connectivity index (χ2n) is 6.88. The predicted molar refractivity (Wildman–Crippen MR) is 109 cm³/mol. The third kappa shape index (κ3) is 3.36. The third-order valence-electron chi connectivity index (χ3n) is 4.69. The number of aromatic nitrogens is 4. The van der Waals surface area contributed by atoms with E-state index in [1.807, 2.05) is 69.3 Å². The Labute approximate surface area is 163 Å². The monoisotopic (exact) mass is 371 g/mol. The van der Waals surface area contributed by atoms with E-state index < -0.39 is 5.92 Å². The van der Waals surface area contributed by atoms with Gasteiger partial charge in [0.15, 0.2) is 5.65 Å². The number of anilines is 1. The fourth-order valence-corrected chi connectivity index (χ4v) is 3.15. The van der Waals surface area contributed by atoms with Gasteiger partial charge in [-0.3, -0.25) is 4.79 Å². The molecule has 1 atom stereocenters. The van der Waals surface area contributed by atoms with Crippen LogP contribution in [0.1, 0.15) is 29.8 Å². The van der Waals surface area contributed by atoms with Crippen LogP contribution in [0.3, 0.4) is 0 Å². The highest BCUT2D eigenvalue weighted by molar-refractivity contribution is 5.95. The van der Waals surface area contributed by atoms with Crippen molar-refractivity contribution in [3.05, 3.63) is 77.7 Å². The van der Waals surface area contributed by atoms with Gasteiger partial charge >= 0.3 is 0 Å². The van der Waals surface area contributed by atoms with Gasteiger partial charge in [0.2, 0.25) is 5.91 Å². The summed E-state index contributed by atoms with van der Waals surface area (Å²) in [7, 11) is 0. The average molecular weight is 371 g/mol. The van der Waals surface area contributed by atoms with E-state index in [1.54, 1.807) is 16.8 Å². The highest BCUT2D eigenvalue weighted by Crippen LogP contribution is 2.30. The first kappa shape index (κ1) is 17.9. The quantitative estimate of drug-likeness (QED) is 0.585. The number of amides is 1. The van der Waals surface area contributed by atoms with E-state index in [1.165, 1.54) is 5.56 Å². The molecule has 0 aliphatic rings. The van der Waals surface area contributed by atoms with E-state index in [0.29, 0.717) is 11.5 Å². The molecule has 0 bridgehead atoms. The molecular formula is C22H21N5O. The van der Waals surface area contributed by atoms with Crippen molar-refractivity contribution >= 4 is 17.4 Å². The van der Waals surface area contributed by atoms with Crippen LogP contribution in [-0.4, -0.2) is 25.5 Å². The van der Waals surface area contributed by atoms with Crippen molar-refractivity contribution in [3.63, 3.8) is 0 Å². The largest absolute Gasteiger partial charge is 0.310 e. The molecule has 3 aromatic heterocycles. The van der Waals surface area contributed by atoms with Crippen molar-refractivity contribution < 1.29 is 4.79 Å². The first-order valence-electron chi connectivity index (χ1n) is 9.18. The number of hydrogen-bond donors (Lipinski definition) is 1. The predicted octanol–water partition coefficient (Wildman–Crippen LogP) is 4.15. The fraction of sp³-hybridized carbons (Fsp3) is 0.182. The summed E-state index contributed by atoms with van der Waals surface area (Å²) in [4.78, 5) is 21.9. The minimum absolute atomic E-state index is 0.155. The first-order valence-corrected chi connectivity index (χ1v) is 9.18. The van der Waals surface area contributed by atoms with Crippen LogP contribution >= 0.6 is 0 Å². The van der Waals surface area contributed by atoms with Gasteiger partial charge in [0.1, 0.15) is 5.82 Å². The van der Waals surface area contributed by atoms with Gasteiger partial charge in [0, 0.05) is 11.8 Å². The molecule has 140 valence electrons. The number of nitrogens with zero attached hydrogens (tertiary/aromatic N) is 4. The molecule has 0 aliphatic carbocycles. The maximum Gasteiger partial charge on any atom is 0.234 e. The summed E-state index contributed by atoms with van der Waals surface area (Å²) in [6.07, 6.45) is 1.65. The molecule has 0 saturated heterocycles. The minimum atomic E-state index is -0.470. The average Bonchev–Trinajstić information content (AvgIpc) is 3.07. The van der Waals surface area contributed by atoms with Crippen molar-refractivity contribution in [2.24, 2.45) is 0 Å². The number of rotatable bonds is 4. The molecule has 6 heteroatoms. The number of benzene rings is 1. The van der Waals surface area contributed by atoms with Gasteiger partial charge in [0.25, 0.3) is 0 Å². The van der Waals surface area contributed by atoms with Gasteiger partial charge in [-0.15, -0.1) is 0 Å². The summed E-state index contributed by atoms with van der Waals surface area (Å²) < 4.78 is 1.77. The van der Waals surface area contributed by atoms with E-state index in [4.69, 9.17) is 4.98 Å². The van der Waals surface area contributed by atoms with Gasteiger partial charge in [-0.05, 0) is 45.0 Å². The van der Waals surface area contributed by atoms with Crippen LogP contribution in [0.4, 0.5) is 5.82 Å². The molecule has 0 fully saturated rings. The second kappa shape index (κ2) is 7.23. The van der Waals surface area contributed by atoms with Gasteiger partial charge < -0.3 is 5.32 Å². The number of carbonyl (C=O) groups is 1. The molecule has 0 aliphatic heterocycles. The Balaban J connectivity index is 1.81. The van der Waals surface area contributed by atoms with E-state index in [-0.39, 0.29) is 5.91 Å². The number of fused-ring (bicyclic) bond motifs is 1. The molecule has 3 heterocycles. The molecule has 4 aromatic rings. The SMILES string of the molecule is Cc1ccc(-c2nc3ccc(C)nn3c2C(C)C(=O)Nc2ccccn2)cc1. The lowest BCUT2D eigenvalue weighted by Gasteiger charge is -2.13. The maximum absolute atomic E-state index is 13.0. The maximum atomic E-state index is 13.0. The molecule has 1 N–H and O–H groups in total. The van der Waals surface area contributed by atoms with Crippen molar-refractivity contribution in [1.82, 2.24) is 19.6 Å². The number of carbonyl (C=O) groups excluding carboxylic acids is 1. The highest BCUT2D eigenvalue weighted by Gasteiger charge is 2.26. The molecule has 1 aromatic carbocycles. The molecule has 0 radical (unpaired) electrons. The Hall–Kier alpha value is -3.54. The van der Waals surface area contributed by atoms with Gasteiger partial charge in [0.05, 0.1) is 23.0 Å². The van der Waals surface area contributed by atoms with Crippen LogP contribution in [0.25, 0.3) is 16.9 Å². The van der Waals surface area contributed by atoms with Crippen LogP contribution in [-0.2, 0) is 4.79 Å². The summed E-state index contributed by atoms with van der Waals surface area (Å²) in [5.74, 6) is -0.103. The molecular weight excluding hydrogens is 350 g/mol. The van der Waals surface area contributed by atoms with Crippen molar-refractivity contribution in [1.29, 1.82) is 0 Å². The molecule has 0 spiro atoms. The Morgan fingerprint density at radius 3 is 2.54 bits per heavy atom. The highest BCUT2D eigenvalue weighted by atomic mass is 16.1. The van der Waals surface area contributed by atoms with Crippen LogP contribution < -0.4 is 5.32 Å². The van der Waals surface area contributed by atoms with E-state index in [9.17, 15) is 4.79 Å². The summed E-state index contributed by atoms with van der Waals surface area (Å²) >= 11 is 0. The van der Waals surface area contributed by atoms with Crippen LogP contribution in [0.15, 0.2) is 60.8 Å². The van der Waals surface area contributed by atoms with Gasteiger partial charge in [-0.1, -0.05) is 35.9 Å². The van der Waals surface area contributed by atoms with Gasteiger partial charge in [-0.2, -0.15) is 5.10 Å². The van der Waals surface area contributed by atoms with Crippen molar-refractivity contribution in [3.8, 4) is 11.3 Å². The topological polar surface area (TPSA) is 72.2 Å². The van der Waals surface area contributed by atoms with Gasteiger partial charge in [-0.25, -0.2) is 14.5 Å². The summed E-state index contributed by atoms with van der Waals surface area (Å²) in [5, 5.41) is 7.49. The summed E-state index contributed by atoms with van der Waals surface area (Å²) in [6.45, 7) is 5.83. The number of pyridine rings is 1. The fourth-order valence-electron chi connectivity index (χ4n) is 3.15. The first-order chi connectivity index (χ1) is 13.5. The molecule has 0 saturated carbocycles. The molecule has 6 nitrogen and oxygen atoms in total. The lowest BCUT2D eigenvalue weighted by atomic mass is 10.00. The number of imidazole rings is 1. The van der Waals surface area contributed by atoms with Crippen LogP contribution in [0.5, 0.6) is 0 Å². The molecule has 1 amide bonds. The Kier molecular flexibility index (Phi) is 4.61. The lowest BCUT2D eigenvalue weighted by Crippen LogP contribution is -2.21. The normalized spacial score (nSPS) is 12.1. The Bertz CT molecular complexity index is 1130. The number of nitrogens with one attached hydrogen (secondary N) is 1. The summed E-state index contributed by atoms with van der Waals surface area (Å²) in [6, 6.07) is 17.4. The Morgan fingerprint density at radius 1 is 1.04 bits per heavy atom. The smallest absolute Gasteiger partial charge is 0.234 e. The molecule has 1 unspecified atom stereocenters. The van der Waals surface area contributed by atoms with Crippen molar-refractivity contribution in [2.75, 3.05) is 5.32 Å². The van der Waals surface area contributed by atoms with E-state index in [0.717, 1.165) is 22.6 Å². The summed E-state index contributed by atoms with van der Waals surface area (Å²) in [5.41, 5.74) is 5.23. The zero-order valence-electron chi connectivity index (χ0n) is 16.0. The zero-order chi connectivity index (χ0) is 19.7. The standard InChI is InChI=1S/C22H21N5O/c1-14-7-10-17(11-8-14)20-21(27-19(25-20)12-9-15(2)26-27)16(3)22(28)24-18-6-4-5-13-23-18/h4-13,16H,1-3H3,(H,23,24,28). The number of aryl methyl sites for hydroxylation is 2. The molecule has 4 rings (SSSR count). The zero-order valence-corrected chi connectivity index (χ0v) is 16.0. The van der Waals surface area contributed by atoms with E-state index >= 15 is 0 Å². The lowest BCUT2D eigenvalue weighted by molar-refractivity contribution is -0.117. The van der Waals surface area contributed by atoms with E-state index in [2.05, 4.69) is 15.4 Å². The molecule has 28 heavy (non-hydrogen) atoms. The van der Waals surface area contributed by atoms with Crippen molar-refractivity contribution in [2.45, 2.75) is 26.7 Å².